The Balaban J connectivity index is 2.07. The van der Waals surface area contributed by atoms with Crippen molar-refractivity contribution in [2.75, 3.05) is 12.8 Å². The van der Waals surface area contributed by atoms with Crippen LogP contribution in [0.25, 0.3) is 10.1 Å². The Morgan fingerprint density at radius 1 is 1.33 bits per heavy atom. The predicted octanol–water partition coefficient (Wildman–Crippen LogP) is 4.69. The van der Waals surface area contributed by atoms with E-state index >= 15 is 0 Å². The molecule has 18 heavy (non-hydrogen) atoms. The number of hydrogen-bond donors (Lipinski definition) is 1. The van der Waals surface area contributed by atoms with E-state index in [2.05, 4.69) is 62.7 Å². The van der Waals surface area contributed by atoms with Crippen LogP contribution in [0.5, 0.6) is 0 Å². The molecule has 2 rings (SSSR count). The first kappa shape index (κ1) is 13.9. The number of benzene rings is 1. The van der Waals surface area contributed by atoms with Gasteiger partial charge in [0.2, 0.25) is 0 Å². The molecule has 1 heterocycles. The summed E-state index contributed by atoms with van der Waals surface area (Å²) >= 11 is 3.80. The summed E-state index contributed by atoms with van der Waals surface area (Å²) in [5.74, 6) is 0. The van der Waals surface area contributed by atoms with Crippen molar-refractivity contribution < 1.29 is 0 Å². The minimum atomic E-state index is 0.297. The first-order valence-electron chi connectivity index (χ1n) is 6.29. The maximum atomic E-state index is 3.64. The molecule has 1 aromatic heterocycles. The van der Waals surface area contributed by atoms with Gasteiger partial charge in [-0.3, -0.25) is 0 Å². The van der Waals surface area contributed by atoms with E-state index in [4.69, 9.17) is 0 Å². The zero-order valence-electron chi connectivity index (χ0n) is 11.5. The highest BCUT2D eigenvalue weighted by molar-refractivity contribution is 7.99. The third kappa shape index (κ3) is 3.28. The molecule has 0 saturated heterocycles. The zero-order chi connectivity index (χ0) is 13.2. The third-order valence-corrected chi connectivity index (χ3v) is 5.81. The standard InChI is InChI=1S/C15H21NS2/c1-11(16-10-15(2,3)17-4)14-9-12-7-5-6-8-13(12)18-14/h5-9,11,16H,10H2,1-4H3. The Morgan fingerprint density at radius 3 is 2.72 bits per heavy atom. The maximum Gasteiger partial charge on any atom is 0.0386 e. The van der Waals surface area contributed by atoms with Crippen LogP contribution in [0.4, 0.5) is 0 Å². The van der Waals surface area contributed by atoms with Gasteiger partial charge in [-0.1, -0.05) is 18.2 Å². The van der Waals surface area contributed by atoms with Gasteiger partial charge in [0.15, 0.2) is 0 Å². The molecular weight excluding hydrogens is 258 g/mol. The minimum absolute atomic E-state index is 0.297. The lowest BCUT2D eigenvalue weighted by molar-refractivity contribution is 0.528. The molecular formula is C15H21NS2. The van der Waals surface area contributed by atoms with Gasteiger partial charge in [0.05, 0.1) is 0 Å². The Hall–Kier alpha value is -0.510. The molecule has 1 aromatic carbocycles. The van der Waals surface area contributed by atoms with Crippen molar-refractivity contribution in [2.45, 2.75) is 31.6 Å². The van der Waals surface area contributed by atoms with E-state index in [9.17, 15) is 0 Å². The van der Waals surface area contributed by atoms with Crippen LogP contribution < -0.4 is 5.32 Å². The van der Waals surface area contributed by atoms with Crippen molar-refractivity contribution in [1.82, 2.24) is 5.32 Å². The smallest absolute Gasteiger partial charge is 0.0386 e. The van der Waals surface area contributed by atoms with E-state index in [1.54, 1.807) is 0 Å². The van der Waals surface area contributed by atoms with E-state index in [1.807, 2.05) is 23.1 Å². The van der Waals surface area contributed by atoms with Crippen LogP contribution in [-0.2, 0) is 0 Å². The average Bonchev–Trinajstić information content (AvgIpc) is 2.80. The molecule has 0 aliphatic heterocycles. The summed E-state index contributed by atoms with van der Waals surface area (Å²) in [6.45, 7) is 7.84. The first-order chi connectivity index (χ1) is 8.52. The van der Waals surface area contributed by atoms with E-state index in [-0.39, 0.29) is 0 Å². The minimum Gasteiger partial charge on any atom is -0.308 e. The van der Waals surface area contributed by atoms with E-state index in [1.165, 1.54) is 15.0 Å². The molecule has 3 heteroatoms. The van der Waals surface area contributed by atoms with Crippen molar-refractivity contribution in [2.24, 2.45) is 0 Å². The average molecular weight is 279 g/mol. The quantitative estimate of drug-likeness (QED) is 0.852. The van der Waals surface area contributed by atoms with E-state index in [0.717, 1.165) is 6.54 Å². The summed E-state index contributed by atoms with van der Waals surface area (Å²) in [4.78, 5) is 1.42. The van der Waals surface area contributed by atoms with Crippen LogP contribution in [0.3, 0.4) is 0 Å². The normalized spacial score (nSPS) is 14.0. The molecule has 0 amide bonds. The molecule has 1 N–H and O–H groups in total. The lowest BCUT2D eigenvalue weighted by Gasteiger charge is -2.24. The Morgan fingerprint density at radius 2 is 2.06 bits per heavy atom. The van der Waals surface area contributed by atoms with Crippen molar-refractivity contribution in [1.29, 1.82) is 0 Å². The van der Waals surface area contributed by atoms with Gasteiger partial charge in [0, 0.05) is 26.9 Å². The third-order valence-electron chi connectivity index (χ3n) is 3.26. The SMILES string of the molecule is CSC(C)(C)CNC(C)c1cc2ccccc2s1. The monoisotopic (exact) mass is 279 g/mol. The molecule has 1 atom stereocenters. The summed E-state index contributed by atoms with van der Waals surface area (Å²) in [5, 5.41) is 5.00. The van der Waals surface area contributed by atoms with Gasteiger partial charge in [-0.2, -0.15) is 11.8 Å². The fraction of sp³-hybridized carbons (Fsp3) is 0.467. The number of thioether (sulfide) groups is 1. The van der Waals surface area contributed by atoms with Gasteiger partial charge < -0.3 is 5.32 Å². The molecule has 1 nitrogen and oxygen atoms in total. The lowest BCUT2D eigenvalue weighted by atomic mass is 10.1. The number of rotatable bonds is 5. The largest absolute Gasteiger partial charge is 0.308 e. The van der Waals surface area contributed by atoms with Crippen LogP contribution >= 0.6 is 23.1 Å². The molecule has 98 valence electrons. The van der Waals surface area contributed by atoms with Crippen LogP contribution in [0, 0.1) is 0 Å². The molecule has 2 aromatic rings. The summed E-state index contributed by atoms with van der Waals surface area (Å²) in [7, 11) is 0. The summed E-state index contributed by atoms with van der Waals surface area (Å²) in [5.41, 5.74) is 0. The second-order valence-electron chi connectivity index (χ2n) is 5.25. The molecule has 0 spiro atoms. The number of nitrogens with one attached hydrogen (secondary N) is 1. The summed E-state index contributed by atoms with van der Waals surface area (Å²) in [6, 6.07) is 11.3. The number of fused-ring (bicyclic) bond motifs is 1. The molecule has 0 aliphatic carbocycles. The molecule has 0 aliphatic rings. The van der Waals surface area contributed by atoms with E-state index < -0.39 is 0 Å². The van der Waals surface area contributed by atoms with Crippen molar-refractivity contribution in [3.8, 4) is 0 Å². The predicted molar refractivity (Wildman–Crippen MR) is 85.8 cm³/mol. The van der Waals surface area contributed by atoms with Gasteiger partial charge in [0.25, 0.3) is 0 Å². The van der Waals surface area contributed by atoms with Gasteiger partial charge in [-0.15, -0.1) is 11.3 Å². The van der Waals surface area contributed by atoms with E-state index in [0.29, 0.717) is 10.8 Å². The maximum absolute atomic E-state index is 3.64. The first-order valence-corrected chi connectivity index (χ1v) is 8.33. The zero-order valence-corrected chi connectivity index (χ0v) is 13.1. The van der Waals surface area contributed by atoms with Crippen molar-refractivity contribution in [3.05, 3.63) is 35.2 Å². The molecule has 0 fully saturated rings. The molecule has 0 radical (unpaired) electrons. The van der Waals surface area contributed by atoms with Gasteiger partial charge in [-0.25, -0.2) is 0 Å². The fourth-order valence-corrected chi connectivity index (χ4v) is 3.11. The Bertz CT molecular complexity index is 483. The lowest BCUT2D eigenvalue weighted by Crippen LogP contribution is -2.33. The second kappa shape index (κ2) is 5.64. The van der Waals surface area contributed by atoms with Crippen LogP contribution in [0.15, 0.2) is 30.3 Å². The number of thiophene rings is 1. The molecule has 0 bridgehead atoms. The second-order valence-corrected chi connectivity index (χ2v) is 7.88. The van der Waals surface area contributed by atoms with Crippen LogP contribution in [0.2, 0.25) is 0 Å². The van der Waals surface area contributed by atoms with Gasteiger partial charge in [-0.05, 0) is 44.5 Å². The molecule has 1 unspecified atom stereocenters. The van der Waals surface area contributed by atoms with Crippen molar-refractivity contribution >= 4 is 33.2 Å². The van der Waals surface area contributed by atoms with Gasteiger partial charge >= 0.3 is 0 Å². The van der Waals surface area contributed by atoms with Crippen LogP contribution in [-0.4, -0.2) is 17.5 Å². The highest BCUT2D eigenvalue weighted by atomic mass is 32.2. The summed E-state index contributed by atoms with van der Waals surface area (Å²) in [6.07, 6.45) is 2.17. The number of hydrogen-bond acceptors (Lipinski definition) is 3. The van der Waals surface area contributed by atoms with Gasteiger partial charge in [0.1, 0.15) is 0 Å². The summed E-state index contributed by atoms with van der Waals surface area (Å²) < 4.78 is 1.68. The Kier molecular flexibility index (Phi) is 4.36. The Labute approximate surface area is 118 Å². The fourth-order valence-electron chi connectivity index (χ4n) is 1.79. The topological polar surface area (TPSA) is 12.0 Å². The highest BCUT2D eigenvalue weighted by Gasteiger charge is 2.17. The highest BCUT2D eigenvalue weighted by Crippen LogP contribution is 2.30. The molecule has 0 saturated carbocycles. The van der Waals surface area contributed by atoms with Crippen molar-refractivity contribution in [3.63, 3.8) is 0 Å². The van der Waals surface area contributed by atoms with Crippen LogP contribution in [0.1, 0.15) is 31.7 Å².